The van der Waals surface area contributed by atoms with E-state index in [1.54, 1.807) is 0 Å². The van der Waals surface area contributed by atoms with Gasteiger partial charge in [0.2, 0.25) is 0 Å². The van der Waals surface area contributed by atoms with E-state index in [-0.39, 0.29) is 0 Å². The van der Waals surface area contributed by atoms with Crippen LogP contribution < -0.4 is 4.74 Å². The van der Waals surface area contributed by atoms with Crippen LogP contribution in [0.4, 0.5) is 0 Å². The topological polar surface area (TPSA) is 27.1 Å². The highest BCUT2D eigenvalue weighted by molar-refractivity contribution is 5.70. The minimum Gasteiger partial charge on any atom is -0.461 e. The number of imidazole rings is 1. The van der Waals surface area contributed by atoms with E-state index in [0.717, 1.165) is 35.9 Å². The molecule has 3 nitrogen and oxygen atoms in total. The molecule has 0 radical (unpaired) electrons. The SMILES string of the molecule is CC.CC(C)c1ccc(-n2ccnc2C2=CC=CC3CC23)cc1OC1=CC=CCC1. The van der Waals surface area contributed by atoms with Crippen molar-refractivity contribution in [3.63, 3.8) is 0 Å². The van der Waals surface area contributed by atoms with Gasteiger partial charge in [-0.25, -0.2) is 4.98 Å². The van der Waals surface area contributed by atoms with Crippen molar-refractivity contribution in [2.45, 2.75) is 52.9 Å². The highest BCUT2D eigenvalue weighted by Gasteiger charge is 2.41. The molecule has 0 aliphatic heterocycles. The molecule has 30 heavy (non-hydrogen) atoms. The first kappa shape index (κ1) is 20.5. The van der Waals surface area contributed by atoms with Crippen LogP contribution in [-0.2, 0) is 0 Å². The lowest BCUT2D eigenvalue weighted by Crippen LogP contribution is -2.06. The number of allylic oxidation sites excluding steroid dienone is 8. The Bertz CT molecular complexity index is 1020. The highest BCUT2D eigenvalue weighted by Crippen LogP contribution is 2.51. The van der Waals surface area contributed by atoms with Gasteiger partial charge in [-0.2, -0.15) is 0 Å². The molecule has 156 valence electrons. The van der Waals surface area contributed by atoms with Crippen molar-refractivity contribution >= 4 is 5.57 Å². The van der Waals surface area contributed by atoms with Gasteiger partial charge in [0.15, 0.2) is 0 Å². The Balaban J connectivity index is 0.00000106. The molecule has 1 aromatic heterocycles. The molecule has 1 aromatic carbocycles. The van der Waals surface area contributed by atoms with Gasteiger partial charge in [0.1, 0.15) is 17.3 Å². The predicted molar refractivity (Wildman–Crippen MR) is 125 cm³/mol. The minimum absolute atomic E-state index is 0.407. The zero-order valence-corrected chi connectivity index (χ0v) is 18.5. The van der Waals surface area contributed by atoms with E-state index < -0.39 is 0 Å². The molecule has 0 bridgehead atoms. The third-order valence-electron chi connectivity index (χ3n) is 5.89. The Morgan fingerprint density at radius 2 is 2.00 bits per heavy atom. The smallest absolute Gasteiger partial charge is 0.140 e. The maximum atomic E-state index is 6.35. The predicted octanol–water partition coefficient (Wildman–Crippen LogP) is 7.22. The molecule has 5 rings (SSSR count). The Hall–Kier alpha value is -2.81. The standard InChI is InChI=1S/C25H26N2O.C2H6/c1-17(2)21-12-11-19(16-24(21)28-20-8-4-3-5-9-20)27-14-13-26-25(27)22-10-6-7-18-15-23(18)22;1-2/h3-4,6-8,10-14,16-18,23H,5,9,15H2,1-2H3;1-2H3. The molecule has 0 spiro atoms. The van der Waals surface area contributed by atoms with Crippen molar-refractivity contribution in [2.75, 3.05) is 0 Å². The average molecular weight is 401 g/mol. The Morgan fingerprint density at radius 3 is 2.77 bits per heavy atom. The maximum absolute atomic E-state index is 6.35. The second-order valence-electron chi connectivity index (χ2n) is 8.21. The Morgan fingerprint density at radius 1 is 1.13 bits per heavy atom. The molecular weight excluding hydrogens is 368 g/mol. The van der Waals surface area contributed by atoms with Gasteiger partial charge in [-0.15, -0.1) is 0 Å². The number of ether oxygens (including phenoxy) is 1. The van der Waals surface area contributed by atoms with Crippen LogP contribution in [0.2, 0.25) is 0 Å². The van der Waals surface area contributed by atoms with Crippen molar-refractivity contribution in [1.82, 2.24) is 9.55 Å². The van der Waals surface area contributed by atoms with Crippen LogP contribution in [0.5, 0.6) is 5.75 Å². The van der Waals surface area contributed by atoms with Gasteiger partial charge in [0.05, 0.1) is 5.69 Å². The van der Waals surface area contributed by atoms with E-state index in [1.807, 2.05) is 20.0 Å². The monoisotopic (exact) mass is 400 g/mol. The number of aromatic nitrogens is 2. The van der Waals surface area contributed by atoms with Gasteiger partial charge in [-0.3, -0.25) is 4.57 Å². The summed E-state index contributed by atoms with van der Waals surface area (Å²) in [6, 6.07) is 6.56. The molecule has 1 fully saturated rings. The summed E-state index contributed by atoms with van der Waals surface area (Å²) in [4.78, 5) is 4.70. The number of rotatable bonds is 5. The number of fused-ring (bicyclic) bond motifs is 1. The number of hydrogen-bond acceptors (Lipinski definition) is 2. The van der Waals surface area contributed by atoms with Crippen LogP contribution in [-0.4, -0.2) is 9.55 Å². The first-order chi connectivity index (χ1) is 14.7. The summed E-state index contributed by atoms with van der Waals surface area (Å²) in [7, 11) is 0. The first-order valence-corrected chi connectivity index (χ1v) is 11.3. The molecule has 3 aliphatic carbocycles. The molecule has 3 heteroatoms. The lowest BCUT2D eigenvalue weighted by Gasteiger charge is -2.19. The van der Waals surface area contributed by atoms with Crippen LogP contribution in [0.3, 0.4) is 0 Å². The number of hydrogen-bond donors (Lipinski definition) is 0. The first-order valence-electron chi connectivity index (χ1n) is 11.3. The van der Waals surface area contributed by atoms with Crippen molar-refractivity contribution in [1.29, 1.82) is 0 Å². The molecular formula is C27H32N2O. The normalized spacial score (nSPS) is 21.4. The Kier molecular flexibility index (Phi) is 6.08. The lowest BCUT2D eigenvalue weighted by molar-refractivity contribution is 0.396. The van der Waals surface area contributed by atoms with E-state index in [1.165, 1.54) is 17.6 Å². The molecule has 1 heterocycles. The summed E-state index contributed by atoms with van der Waals surface area (Å²) in [5, 5.41) is 0. The third kappa shape index (κ3) is 4.07. The zero-order valence-electron chi connectivity index (χ0n) is 18.5. The second kappa shape index (κ2) is 8.91. The quantitative estimate of drug-likeness (QED) is 0.529. The lowest BCUT2D eigenvalue weighted by atomic mass is 10.0. The molecule has 0 N–H and O–H groups in total. The van der Waals surface area contributed by atoms with Gasteiger partial charge in [0.25, 0.3) is 0 Å². The van der Waals surface area contributed by atoms with Crippen LogP contribution in [0.25, 0.3) is 11.3 Å². The summed E-state index contributed by atoms with van der Waals surface area (Å²) < 4.78 is 8.55. The van der Waals surface area contributed by atoms with Crippen LogP contribution in [0, 0.1) is 11.8 Å². The van der Waals surface area contributed by atoms with Gasteiger partial charge in [-0.1, -0.05) is 64.1 Å². The van der Waals surface area contributed by atoms with Gasteiger partial charge < -0.3 is 4.74 Å². The fraction of sp³-hybridized carbons (Fsp3) is 0.370. The summed E-state index contributed by atoms with van der Waals surface area (Å²) in [6.07, 6.45) is 20.3. The van der Waals surface area contributed by atoms with Gasteiger partial charge in [0, 0.05) is 24.9 Å². The summed E-state index contributed by atoms with van der Waals surface area (Å²) >= 11 is 0. The van der Waals surface area contributed by atoms with Crippen LogP contribution >= 0.6 is 0 Å². The fourth-order valence-electron chi connectivity index (χ4n) is 4.22. The summed E-state index contributed by atoms with van der Waals surface area (Å²) in [5.74, 6) is 4.79. The van der Waals surface area contributed by atoms with Crippen molar-refractivity contribution in [3.8, 4) is 11.4 Å². The molecule has 2 atom stereocenters. The molecule has 2 unspecified atom stereocenters. The molecule has 0 amide bonds. The summed E-state index contributed by atoms with van der Waals surface area (Å²) in [5.41, 5.74) is 3.70. The molecule has 2 aromatic rings. The zero-order chi connectivity index (χ0) is 21.1. The molecule has 0 saturated heterocycles. The molecule has 1 saturated carbocycles. The highest BCUT2D eigenvalue weighted by atomic mass is 16.5. The van der Waals surface area contributed by atoms with E-state index in [9.17, 15) is 0 Å². The van der Waals surface area contributed by atoms with E-state index in [2.05, 4.69) is 79.3 Å². The number of nitrogens with zero attached hydrogens (tertiary/aromatic N) is 2. The van der Waals surface area contributed by atoms with E-state index in [4.69, 9.17) is 9.72 Å². The van der Waals surface area contributed by atoms with Crippen molar-refractivity contribution in [2.24, 2.45) is 11.8 Å². The maximum Gasteiger partial charge on any atom is 0.140 e. The molecule has 3 aliphatic rings. The van der Waals surface area contributed by atoms with Crippen molar-refractivity contribution in [3.05, 3.63) is 84.2 Å². The fourth-order valence-corrected chi connectivity index (χ4v) is 4.22. The average Bonchev–Trinajstić information content (AvgIpc) is 3.42. The Labute approximate surface area is 180 Å². The summed E-state index contributed by atoms with van der Waals surface area (Å²) in [6.45, 7) is 8.43. The van der Waals surface area contributed by atoms with E-state index in [0.29, 0.717) is 17.8 Å². The minimum atomic E-state index is 0.407. The van der Waals surface area contributed by atoms with Crippen LogP contribution in [0.15, 0.2) is 72.8 Å². The largest absolute Gasteiger partial charge is 0.461 e. The second-order valence-corrected chi connectivity index (χ2v) is 8.21. The third-order valence-corrected chi connectivity index (χ3v) is 5.89. The van der Waals surface area contributed by atoms with Crippen molar-refractivity contribution < 1.29 is 4.74 Å². The number of benzene rings is 1. The van der Waals surface area contributed by atoms with Gasteiger partial charge in [-0.05, 0) is 53.9 Å². The van der Waals surface area contributed by atoms with Crippen LogP contribution in [0.1, 0.15) is 64.3 Å². The van der Waals surface area contributed by atoms with Gasteiger partial charge >= 0.3 is 0 Å². The van der Waals surface area contributed by atoms with E-state index >= 15 is 0 Å².